The number of benzene rings is 2. The molecule has 0 fully saturated rings. The third-order valence-electron chi connectivity index (χ3n) is 4.75. The maximum Gasteiger partial charge on any atom is 0.268 e. The molecule has 2 aromatic carbocycles. The number of nitrogens with one attached hydrogen (secondary N) is 3. The number of hydrogen-bond acceptors (Lipinski definition) is 8. The van der Waals surface area contributed by atoms with E-state index in [4.69, 9.17) is 14.2 Å². The second-order valence-electron chi connectivity index (χ2n) is 7.52. The zero-order chi connectivity index (χ0) is 22.9. The van der Waals surface area contributed by atoms with E-state index in [9.17, 15) is 9.18 Å². The highest BCUT2D eigenvalue weighted by Gasteiger charge is 2.35. The molecule has 0 spiro atoms. The fourth-order valence-corrected chi connectivity index (χ4v) is 3.05. The zero-order valence-electron chi connectivity index (χ0n) is 17.9. The van der Waals surface area contributed by atoms with Crippen molar-refractivity contribution >= 4 is 34.7 Å². The third kappa shape index (κ3) is 4.34. The number of rotatable bonds is 6. The SMILES string of the molecule is COc1cc(Nc2ncc(F)c(Nc3ccc4c(c3)NC(=O)C(C)(C)O4)n2)cc(OC)c1. The van der Waals surface area contributed by atoms with Crippen molar-refractivity contribution in [2.75, 3.05) is 30.2 Å². The molecule has 1 aromatic heterocycles. The lowest BCUT2D eigenvalue weighted by Gasteiger charge is -2.31. The molecule has 32 heavy (non-hydrogen) atoms. The molecule has 1 amide bonds. The third-order valence-corrected chi connectivity index (χ3v) is 4.75. The number of fused-ring (bicyclic) bond motifs is 1. The van der Waals surface area contributed by atoms with Gasteiger partial charge in [0.1, 0.15) is 17.2 Å². The Morgan fingerprint density at radius 1 is 1.03 bits per heavy atom. The Hall–Kier alpha value is -4.08. The number of anilines is 5. The van der Waals surface area contributed by atoms with Crippen molar-refractivity contribution in [2.45, 2.75) is 19.4 Å². The van der Waals surface area contributed by atoms with E-state index in [1.807, 2.05) is 0 Å². The first kappa shape index (κ1) is 21.2. The normalized spacial score (nSPS) is 14.0. The number of methoxy groups -OCH3 is 2. The Kier molecular flexibility index (Phi) is 5.43. The number of nitrogens with zero attached hydrogens (tertiary/aromatic N) is 2. The number of aromatic nitrogens is 2. The van der Waals surface area contributed by atoms with Gasteiger partial charge in [-0.05, 0) is 32.0 Å². The summed E-state index contributed by atoms with van der Waals surface area (Å²) in [6.45, 7) is 3.36. The zero-order valence-corrected chi connectivity index (χ0v) is 17.9. The van der Waals surface area contributed by atoms with Crippen molar-refractivity contribution in [3.63, 3.8) is 0 Å². The minimum atomic E-state index is -0.968. The van der Waals surface area contributed by atoms with Gasteiger partial charge >= 0.3 is 0 Å². The van der Waals surface area contributed by atoms with Crippen LogP contribution in [0.15, 0.2) is 42.6 Å². The highest BCUT2D eigenvalue weighted by Crippen LogP contribution is 2.36. The van der Waals surface area contributed by atoms with Gasteiger partial charge in [0.2, 0.25) is 5.95 Å². The van der Waals surface area contributed by atoms with Crippen molar-refractivity contribution in [1.82, 2.24) is 9.97 Å². The Bertz CT molecular complexity index is 1160. The van der Waals surface area contributed by atoms with E-state index in [-0.39, 0.29) is 17.7 Å². The van der Waals surface area contributed by atoms with Crippen LogP contribution in [0.3, 0.4) is 0 Å². The van der Waals surface area contributed by atoms with Gasteiger partial charge in [-0.2, -0.15) is 4.98 Å². The van der Waals surface area contributed by atoms with Gasteiger partial charge in [-0.25, -0.2) is 9.37 Å². The molecule has 10 heteroatoms. The Morgan fingerprint density at radius 2 is 1.75 bits per heavy atom. The summed E-state index contributed by atoms with van der Waals surface area (Å²) in [5, 5.41) is 8.70. The monoisotopic (exact) mass is 439 g/mol. The number of hydrogen-bond donors (Lipinski definition) is 3. The molecule has 0 saturated heterocycles. The molecule has 0 aliphatic carbocycles. The molecule has 2 heterocycles. The Morgan fingerprint density at radius 3 is 2.44 bits per heavy atom. The maximum absolute atomic E-state index is 14.4. The van der Waals surface area contributed by atoms with Crippen molar-refractivity contribution in [3.8, 4) is 17.2 Å². The van der Waals surface area contributed by atoms with Crippen molar-refractivity contribution in [2.24, 2.45) is 0 Å². The summed E-state index contributed by atoms with van der Waals surface area (Å²) < 4.78 is 30.6. The van der Waals surface area contributed by atoms with Crippen molar-refractivity contribution in [3.05, 3.63) is 48.4 Å². The Labute approximate surface area is 183 Å². The Balaban J connectivity index is 1.57. The molecule has 1 aliphatic rings. The fourth-order valence-electron chi connectivity index (χ4n) is 3.05. The van der Waals surface area contributed by atoms with Crippen LogP contribution in [-0.4, -0.2) is 35.7 Å². The van der Waals surface area contributed by atoms with Crippen LogP contribution in [0.5, 0.6) is 17.2 Å². The molecule has 4 rings (SSSR count). The van der Waals surface area contributed by atoms with E-state index in [1.165, 1.54) is 0 Å². The predicted molar refractivity (Wildman–Crippen MR) is 118 cm³/mol. The van der Waals surface area contributed by atoms with Gasteiger partial charge in [0.25, 0.3) is 5.91 Å². The number of ether oxygens (including phenoxy) is 3. The summed E-state index contributed by atoms with van der Waals surface area (Å²) in [6, 6.07) is 10.2. The largest absolute Gasteiger partial charge is 0.497 e. The second kappa shape index (κ2) is 8.22. The fraction of sp³-hybridized carbons (Fsp3) is 0.227. The summed E-state index contributed by atoms with van der Waals surface area (Å²) in [6.07, 6.45) is 1.06. The van der Waals surface area contributed by atoms with E-state index in [2.05, 4.69) is 25.9 Å². The lowest BCUT2D eigenvalue weighted by atomic mass is 10.1. The molecule has 9 nitrogen and oxygen atoms in total. The molecular weight excluding hydrogens is 417 g/mol. The van der Waals surface area contributed by atoms with E-state index in [1.54, 1.807) is 64.5 Å². The van der Waals surface area contributed by atoms with Crippen LogP contribution in [-0.2, 0) is 4.79 Å². The predicted octanol–water partition coefficient (Wildman–Crippen LogP) is 4.23. The summed E-state index contributed by atoms with van der Waals surface area (Å²) in [4.78, 5) is 20.4. The first-order chi connectivity index (χ1) is 15.3. The van der Waals surface area contributed by atoms with Crippen LogP contribution >= 0.6 is 0 Å². The quantitative estimate of drug-likeness (QED) is 0.524. The molecular formula is C22H22FN5O4. The minimum Gasteiger partial charge on any atom is -0.497 e. The number of halogens is 1. The van der Waals surface area contributed by atoms with Gasteiger partial charge in [-0.15, -0.1) is 0 Å². The molecule has 0 bridgehead atoms. The van der Waals surface area contributed by atoms with Gasteiger partial charge in [0.15, 0.2) is 17.2 Å². The summed E-state index contributed by atoms with van der Waals surface area (Å²) in [5.41, 5.74) is 0.633. The highest BCUT2D eigenvalue weighted by atomic mass is 19.1. The number of amides is 1. The van der Waals surface area contributed by atoms with Crippen molar-refractivity contribution < 1.29 is 23.4 Å². The van der Waals surface area contributed by atoms with Crippen LogP contribution < -0.4 is 30.2 Å². The van der Waals surface area contributed by atoms with Crippen LogP contribution in [0.1, 0.15) is 13.8 Å². The number of carbonyl (C=O) groups excluding carboxylic acids is 1. The standard InChI is InChI=1S/C22H22FN5O4/c1-22(2)20(29)27-17-9-12(5-6-18(17)32-22)25-19-16(23)11-24-21(28-19)26-13-7-14(30-3)10-15(8-13)31-4/h5-11H,1-4H3,(H,27,29)(H2,24,25,26,28). The molecule has 0 atom stereocenters. The average Bonchev–Trinajstić information content (AvgIpc) is 2.76. The molecule has 166 valence electrons. The topological polar surface area (TPSA) is 107 Å². The first-order valence-corrected chi connectivity index (χ1v) is 9.71. The molecule has 0 unspecified atom stereocenters. The van der Waals surface area contributed by atoms with E-state index >= 15 is 0 Å². The van der Waals surface area contributed by atoms with Gasteiger partial charge in [0, 0.05) is 29.6 Å². The molecule has 3 aromatic rings. The van der Waals surface area contributed by atoms with E-state index in [0.29, 0.717) is 34.3 Å². The van der Waals surface area contributed by atoms with E-state index < -0.39 is 11.4 Å². The molecule has 1 aliphatic heterocycles. The molecule has 0 radical (unpaired) electrons. The van der Waals surface area contributed by atoms with Crippen molar-refractivity contribution in [1.29, 1.82) is 0 Å². The minimum absolute atomic E-state index is 0.0410. The smallest absolute Gasteiger partial charge is 0.268 e. The van der Waals surface area contributed by atoms with Gasteiger partial charge in [-0.1, -0.05) is 0 Å². The molecule has 3 N–H and O–H groups in total. The summed E-state index contributed by atoms with van der Waals surface area (Å²) in [5.74, 6) is 0.898. The maximum atomic E-state index is 14.4. The lowest BCUT2D eigenvalue weighted by molar-refractivity contribution is -0.129. The van der Waals surface area contributed by atoms with Gasteiger partial charge in [-0.3, -0.25) is 4.79 Å². The second-order valence-corrected chi connectivity index (χ2v) is 7.52. The van der Waals surface area contributed by atoms with Crippen LogP contribution in [0.4, 0.5) is 33.2 Å². The first-order valence-electron chi connectivity index (χ1n) is 9.71. The van der Waals surface area contributed by atoms with Gasteiger partial charge < -0.3 is 30.2 Å². The number of carbonyl (C=O) groups is 1. The van der Waals surface area contributed by atoms with Crippen LogP contribution in [0.2, 0.25) is 0 Å². The summed E-state index contributed by atoms with van der Waals surface area (Å²) in [7, 11) is 3.09. The van der Waals surface area contributed by atoms with E-state index in [0.717, 1.165) is 6.20 Å². The highest BCUT2D eigenvalue weighted by molar-refractivity contribution is 6.00. The van der Waals surface area contributed by atoms with Gasteiger partial charge in [0.05, 0.1) is 26.1 Å². The van der Waals surface area contributed by atoms with Crippen LogP contribution in [0.25, 0.3) is 0 Å². The molecule has 0 saturated carbocycles. The summed E-state index contributed by atoms with van der Waals surface area (Å²) >= 11 is 0. The van der Waals surface area contributed by atoms with Crippen LogP contribution in [0, 0.1) is 5.82 Å². The average molecular weight is 439 g/mol. The lowest BCUT2D eigenvalue weighted by Crippen LogP contribution is -2.45.